The van der Waals surface area contributed by atoms with E-state index in [1.165, 1.54) is 0 Å². The van der Waals surface area contributed by atoms with E-state index >= 15 is 0 Å². The fourth-order valence-electron chi connectivity index (χ4n) is 2.92. The first-order valence-corrected chi connectivity index (χ1v) is 10.8. The van der Waals surface area contributed by atoms with Gasteiger partial charge in [-0.25, -0.2) is 0 Å². The molecule has 0 amide bonds. The fraction of sp³-hybridized carbons (Fsp3) is 0.409. The molecule has 0 saturated heterocycles. The molecular formula is C22H26Cl3NO4. The van der Waals surface area contributed by atoms with Gasteiger partial charge in [-0.1, -0.05) is 54.7 Å². The van der Waals surface area contributed by atoms with Gasteiger partial charge in [-0.3, -0.25) is 4.79 Å². The van der Waals surface area contributed by atoms with Crippen LogP contribution in [0.1, 0.15) is 38.3 Å². The smallest absolute Gasteiger partial charge is 0.320 e. The average Bonchev–Trinajstić information content (AvgIpc) is 2.66. The summed E-state index contributed by atoms with van der Waals surface area (Å²) in [4.78, 5) is 11.5. The van der Waals surface area contributed by atoms with Crippen LogP contribution in [0, 0.1) is 5.92 Å². The Morgan fingerprint density at radius 2 is 1.77 bits per heavy atom. The van der Waals surface area contributed by atoms with E-state index in [1.807, 2.05) is 20.8 Å². The molecule has 0 fully saturated rings. The molecule has 1 unspecified atom stereocenters. The summed E-state index contributed by atoms with van der Waals surface area (Å²) in [6.45, 7) is 6.71. The number of carboxylic acid groups (broad SMARTS) is 1. The lowest BCUT2D eigenvalue weighted by atomic mass is 10.0. The quantitative estimate of drug-likeness (QED) is 0.405. The summed E-state index contributed by atoms with van der Waals surface area (Å²) in [5, 5.41) is 13.8. The van der Waals surface area contributed by atoms with Gasteiger partial charge >= 0.3 is 5.97 Å². The minimum absolute atomic E-state index is 0.130. The molecule has 0 aromatic heterocycles. The molecule has 2 aromatic rings. The van der Waals surface area contributed by atoms with Crippen LogP contribution in [0.25, 0.3) is 0 Å². The van der Waals surface area contributed by atoms with Gasteiger partial charge in [0.25, 0.3) is 0 Å². The Kier molecular flexibility index (Phi) is 9.56. The third-order valence-corrected chi connectivity index (χ3v) is 5.34. The summed E-state index contributed by atoms with van der Waals surface area (Å²) in [7, 11) is 0. The molecule has 0 aliphatic heterocycles. The number of halogens is 3. The van der Waals surface area contributed by atoms with Crippen molar-refractivity contribution >= 4 is 40.8 Å². The molecule has 0 bridgehead atoms. The summed E-state index contributed by atoms with van der Waals surface area (Å²) in [5.74, 6) is 0.237. The van der Waals surface area contributed by atoms with Gasteiger partial charge < -0.3 is 19.9 Å². The van der Waals surface area contributed by atoms with E-state index in [0.717, 1.165) is 5.56 Å². The number of nitrogens with one attached hydrogen (secondary N) is 1. The van der Waals surface area contributed by atoms with E-state index in [1.54, 1.807) is 30.3 Å². The summed E-state index contributed by atoms with van der Waals surface area (Å²) in [6, 6.07) is 8.12. The zero-order valence-corrected chi connectivity index (χ0v) is 19.4. The summed E-state index contributed by atoms with van der Waals surface area (Å²) < 4.78 is 11.6. The van der Waals surface area contributed by atoms with E-state index in [2.05, 4.69) is 5.32 Å². The molecule has 0 saturated carbocycles. The molecule has 0 aliphatic carbocycles. The summed E-state index contributed by atoms with van der Waals surface area (Å²) in [6.07, 6.45) is 0.529. The van der Waals surface area contributed by atoms with E-state index in [4.69, 9.17) is 44.3 Å². The normalized spacial score (nSPS) is 12.1. The molecule has 164 valence electrons. The average molecular weight is 475 g/mol. The first-order chi connectivity index (χ1) is 14.2. The van der Waals surface area contributed by atoms with Gasteiger partial charge in [-0.2, -0.15) is 0 Å². The maximum atomic E-state index is 11.5. The number of carbonyl (C=O) groups is 1. The Labute approximate surface area is 192 Å². The van der Waals surface area contributed by atoms with Gasteiger partial charge in [0.05, 0.1) is 11.6 Å². The number of benzene rings is 2. The minimum Gasteiger partial charge on any atom is -0.490 e. The lowest BCUT2D eigenvalue weighted by molar-refractivity contribution is -0.140. The van der Waals surface area contributed by atoms with Crippen LogP contribution in [0.2, 0.25) is 15.1 Å². The second-order valence-electron chi connectivity index (χ2n) is 7.23. The monoisotopic (exact) mass is 473 g/mol. The lowest BCUT2D eigenvalue weighted by Gasteiger charge is -2.19. The highest BCUT2D eigenvalue weighted by atomic mass is 35.5. The van der Waals surface area contributed by atoms with E-state index in [0.29, 0.717) is 51.7 Å². The zero-order valence-electron chi connectivity index (χ0n) is 17.2. The SMILES string of the molecule is CCOc1cc(CNC(CC(C)C)C(=O)O)cc(Cl)c1OCc1c(Cl)cccc1Cl. The number of hydrogen-bond donors (Lipinski definition) is 2. The van der Waals surface area contributed by atoms with Crippen molar-refractivity contribution in [3.63, 3.8) is 0 Å². The second kappa shape index (κ2) is 11.7. The van der Waals surface area contributed by atoms with Crippen molar-refractivity contribution < 1.29 is 19.4 Å². The molecule has 30 heavy (non-hydrogen) atoms. The molecule has 2 rings (SSSR count). The topological polar surface area (TPSA) is 67.8 Å². The first-order valence-electron chi connectivity index (χ1n) is 9.70. The van der Waals surface area contributed by atoms with Gasteiger partial charge in [0.15, 0.2) is 11.5 Å². The van der Waals surface area contributed by atoms with Crippen LogP contribution in [0.4, 0.5) is 0 Å². The number of rotatable bonds is 11. The first kappa shape index (κ1) is 24.6. The maximum Gasteiger partial charge on any atom is 0.320 e. The fourth-order valence-corrected chi connectivity index (χ4v) is 3.72. The van der Waals surface area contributed by atoms with Crippen LogP contribution >= 0.6 is 34.8 Å². The Hall–Kier alpha value is -1.66. The molecule has 0 spiro atoms. The molecule has 0 aliphatic rings. The van der Waals surface area contributed by atoms with Crippen LogP contribution in [-0.2, 0) is 17.9 Å². The van der Waals surface area contributed by atoms with Crippen molar-refractivity contribution in [3.8, 4) is 11.5 Å². The number of hydrogen-bond acceptors (Lipinski definition) is 4. The lowest BCUT2D eigenvalue weighted by Crippen LogP contribution is -2.37. The third-order valence-electron chi connectivity index (χ3n) is 4.35. The van der Waals surface area contributed by atoms with Crippen LogP contribution in [0.15, 0.2) is 30.3 Å². The Bertz CT molecular complexity index is 853. The van der Waals surface area contributed by atoms with Crippen molar-refractivity contribution in [2.45, 2.75) is 46.4 Å². The van der Waals surface area contributed by atoms with Gasteiger partial charge in [0.2, 0.25) is 0 Å². The van der Waals surface area contributed by atoms with E-state index in [9.17, 15) is 9.90 Å². The van der Waals surface area contributed by atoms with Gasteiger partial charge in [0.1, 0.15) is 12.6 Å². The second-order valence-corrected chi connectivity index (χ2v) is 8.45. The molecule has 8 heteroatoms. The molecule has 0 radical (unpaired) electrons. The summed E-state index contributed by atoms with van der Waals surface area (Å²) in [5.41, 5.74) is 1.45. The highest BCUT2D eigenvalue weighted by Gasteiger charge is 2.19. The summed E-state index contributed by atoms with van der Waals surface area (Å²) >= 11 is 18.9. The van der Waals surface area contributed by atoms with Crippen LogP contribution < -0.4 is 14.8 Å². The highest BCUT2D eigenvalue weighted by molar-refractivity contribution is 6.36. The Morgan fingerprint density at radius 3 is 2.33 bits per heavy atom. The third kappa shape index (κ3) is 6.95. The van der Waals surface area contributed by atoms with Crippen LogP contribution in [-0.4, -0.2) is 23.7 Å². The predicted molar refractivity (Wildman–Crippen MR) is 121 cm³/mol. The standard InChI is InChI=1S/C22H26Cl3NO4/c1-4-29-20-10-14(11-26-19(22(27)28)8-13(2)3)9-18(25)21(20)30-12-15-16(23)6-5-7-17(15)24/h5-7,9-10,13,19,26H,4,8,11-12H2,1-3H3,(H,27,28). The molecule has 2 aromatic carbocycles. The highest BCUT2D eigenvalue weighted by Crippen LogP contribution is 2.38. The van der Waals surface area contributed by atoms with Gasteiger partial charge in [-0.05, 0) is 49.1 Å². The predicted octanol–water partition coefficient (Wildman–Crippen LogP) is 6.21. The molecule has 5 nitrogen and oxygen atoms in total. The van der Waals surface area contributed by atoms with Crippen molar-refractivity contribution in [3.05, 3.63) is 56.5 Å². The van der Waals surface area contributed by atoms with Crippen molar-refractivity contribution in [1.82, 2.24) is 5.32 Å². The van der Waals surface area contributed by atoms with Crippen LogP contribution in [0.3, 0.4) is 0 Å². The molecule has 0 heterocycles. The number of ether oxygens (including phenoxy) is 2. The zero-order chi connectivity index (χ0) is 22.3. The van der Waals surface area contributed by atoms with Gasteiger partial charge in [0, 0.05) is 22.2 Å². The number of carboxylic acids is 1. The Balaban J connectivity index is 2.19. The largest absolute Gasteiger partial charge is 0.490 e. The van der Waals surface area contributed by atoms with Crippen molar-refractivity contribution in [2.75, 3.05) is 6.61 Å². The van der Waals surface area contributed by atoms with Gasteiger partial charge in [-0.15, -0.1) is 0 Å². The van der Waals surface area contributed by atoms with E-state index in [-0.39, 0.29) is 12.5 Å². The number of aliphatic carboxylic acids is 1. The van der Waals surface area contributed by atoms with Crippen molar-refractivity contribution in [2.24, 2.45) is 5.92 Å². The minimum atomic E-state index is -0.878. The van der Waals surface area contributed by atoms with Crippen LogP contribution in [0.5, 0.6) is 11.5 Å². The molecule has 1 atom stereocenters. The molecular weight excluding hydrogens is 449 g/mol. The Morgan fingerprint density at radius 1 is 1.10 bits per heavy atom. The molecule has 2 N–H and O–H groups in total. The van der Waals surface area contributed by atoms with Crippen molar-refractivity contribution in [1.29, 1.82) is 0 Å². The maximum absolute atomic E-state index is 11.5. The van der Waals surface area contributed by atoms with E-state index < -0.39 is 12.0 Å².